The van der Waals surface area contributed by atoms with Crippen molar-refractivity contribution in [3.05, 3.63) is 65.7 Å². The summed E-state index contributed by atoms with van der Waals surface area (Å²) in [6.45, 7) is 8.64. The third-order valence-electron chi connectivity index (χ3n) is 5.53. The second-order valence-electron chi connectivity index (χ2n) is 7.78. The molecule has 1 N–H and O–H groups in total. The van der Waals surface area contributed by atoms with E-state index in [1.807, 2.05) is 0 Å². The van der Waals surface area contributed by atoms with Gasteiger partial charge in [0.2, 0.25) is 0 Å². The van der Waals surface area contributed by atoms with Crippen LogP contribution in [0, 0.1) is 0 Å². The first-order chi connectivity index (χ1) is 14.3. The summed E-state index contributed by atoms with van der Waals surface area (Å²) in [4.78, 5) is 2.38. The Balaban J connectivity index is 1.22. The zero-order valence-corrected chi connectivity index (χ0v) is 17.8. The van der Waals surface area contributed by atoms with Gasteiger partial charge in [0.15, 0.2) is 0 Å². The lowest BCUT2D eigenvalue weighted by Gasteiger charge is -2.29. The van der Waals surface area contributed by atoms with Crippen molar-refractivity contribution in [3.8, 4) is 0 Å². The van der Waals surface area contributed by atoms with E-state index < -0.39 is 0 Å². The minimum atomic E-state index is 0.154. The Labute approximate surface area is 176 Å². The molecule has 4 heteroatoms. The van der Waals surface area contributed by atoms with Gasteiger partial charge in [0.25, 0.3) is 0 Å². The highest BCUT2D eigenvalue weighted by molar-refractivity contribution is 5.48. The van der Waals surface area contributed by atoms with Crippen LogP contribution in [-0.4, -0.2) is 39.5 Å². The summed E-state index contributed by atoms with van der Waals surface area (Å²) in [5, 5.41) is 3.52. The molecule has 0 saturated carbocycles. The maximum absolute atomic E-state index is 6.05. The maximum atomic E-state index is 6.05. The van der Waals surface area contributed by atoms with Crippen LogP contribution in [0.25, 0.3) is 0 Å². The van der Waals surface area contributed by atoms with E-state index >= 15 is 0 Å². The molecule has 2 aromatic carbocycles. The molecule has 1 atom stereocenters. The van der Waals surface area contributed by atoms with Crippen molar-refractivity contribution in [2.24, 2.45) is 0 Å². The van der Waals surface area contributed by atoms with Crippen LogP contribution in [-0.2, 0) is 16.0 Å². The number of ether oxygens (including phenoxy) is 2. The second-order valence-corrected chi connectivity index (χ2v) is 7.78. The summed E-state index contributed by atoms with van der Waals surface area (Å²) in [6, 6.07) is 19.4. The Bertz CT molecular complexity index is 669. The predicted octanol–water partition coefficient (Wildman–Crippen LogP) is 4.95. The molecule has 1 unspecified atom stereocenters. The van der Waals surface area contributed by atoms with Crippen molar-refractivity contribution in [1.82, 2.24) is 5.32 Å². The average Bonchev–Trinajstić information content (AvgIpc) is 2.79. The number of hydrogen-bond donors (Lipinski definition) is 1. The van der Waals surface area contributed by atoms with Gasteiger partial charge in [-0.3, -0.25) is 0 Å². The molecule has 158 valence electrons. The molecule has 1 fully saturated rings. The first-order valence-electron chi connectivity index (χ1n) is 11.1. The Morgan fingerprint density at radius 3 is 2.41 bits per heavy atom. The smallest absolute Gasteiger partial charge is 0.0796 e. The number of benzene rings is 2. The molecule has 1 heterocycles. The van der Waals surface area contributed by atoms with E-state index in [4.69, 9.17) is 9.47 Å². The van der Waals surface area contributed by atoms with E-state index in [0.717, 1.165) is 52.4 Å². The van der Waals surface area contributed by atoms with Crippen molar-refractivity contribution in [2.75, 3.05) is 44.4 Å². The van der Waals surface area contributed by atoms with Crippen LogP contribution in [0.5, 0.6) is 0 Å². The molecule has 4 nitrogen and oxygen atoms in total. The zero-order chi connectivity index (χ0) is 20.2. The quantitative estimate of drug-likeness (QED) is 0.515. The third kappa shape index (κ3) is 7.81. The highest BCUT2D eigenvalue weighted by atomic mass is 16.5. The standard InChI is InChI=1S/C25H36N2O2/c1-22(24-11-13-25(14-12-24)27-16-19-28-20-17-27)29-18-8-3-2-7-15-26-21-23-9-5-4-6-10-23/h4-6,9-14,22,26H,2-3,7-8,15-21H2,1H3. The van der Waals surface area contributed by atoms with Crippen LogP contribution in [0.1, 0.15) is 49.8 Å². The Hall–Kier alpha value is -1.88. The summed E-state index contributed by atoms with van der Waals surface area (Å²) in [6.07, 6.45) is 5.00. The van der Waals surface area contributed by atoms with Gasteiger partial charge in [0.1, 0.15) is 0 Å². The normalized spacial score (nSPS) is 15.4. The first-order valence-corrected chi connectivity index (χ1v) is 11.1. The van der Waals surface area contributed by atoms with E-state index in [1.54, 1.807) is 0 Å². The highest BCUT2D eigenvalue weighted by Crippen LogP contribution is 2.22. The summed E-state index contributed by atoms with van der Waals surface area (Å²) in [7, 11) is 0. The van der Waals surface area contributed by atoms with Gasteiger partial charge in [0.05, 0.1) is 19.3 Å². The number of nitrogens with zero attached hydrogens (tertiary/aromatic N) is 1. The number of morpholine rings is 1. The number of nitrogens with one attached hydrogen (secondary N) is 1. The van der Waals surface area contributed by atoms with E-state index in [-0.39, 0.29) is 6.10 Å². The SMILES string of the molecule is CC(OCCCCCCNCc1ccccc1)c1ccc(N2CCOCC2)cc1. The van der Waals surface area contributed by atoms with Gasteiger partial charge in [-0.1, -0.05) is 55.3 Å². The fourth-order valence-corrected chi connectivity index (χ4v) is 3.67. The molecule has 1 aliphatic heterocycles. The van der Waals surface area contributed by atoms with Crippen molar-refractivity contribution < 1.29 is 9.47 Å². The minimum absolute atomic E-state index is 0.154. The molecule has 0 aromatic heterocycles. The van der Waals surface area contributed by atoms with E-state index in [2.05, 4.69) is 71.7 Å². The fourth-order valence-electron chi connectivity index (χ4n) is 3.67. The maximum Gasteiger partial charge on any atom is 0.0796 e. The monoisotopic (exact) mass is 396 g/mol. The van der Waals surface area contributed by atoms with E-state index in [9.17, 15) is 0 Å². The largest absolute Gasteiger partial charge is 0.378 e. The number of unbranched alkanes of at least 4 members (excludes halogenated alkanes) is 3. The molecular formula is C25H36N2O2. The number of hydrogen-bond acceptors (Lipinski definition) is 4. The molecule has 3 rings (SSSR count). The molecule has 2 aromatic rings. The third-order valence-corrected chi connectivity index (χ3v) is 5.53. The van der Waals surface area contributed by atoms with Crippen LogP contribution >= 0.6 is 0 Å². The van der Waals surface area contributed by atoms with Gasteiger partial charge in [0, 0.05) is 31.9 Å². The fraction of sp³-hybridized carbons (Fsp3) is 0.520. The van der Waals surface area contributed by atoms with Gasteiger partial charge in [-0.25, -0.2) is 0 Å². The van der Waals surface area contributed by atoms with Crippen LogP contribution in [0.15, 0.2) is 54.6 Å². The molecule has 1 aliphatic rings. The lowest BCUT2D eigenvalue weighted by atomic mass is 10.1. The summed E-state index contributed by atoms with van der Waals surface area (Å²) < 4.78 is 11.5. The zero-order valence-electron chi connectivity index (χ0n) is 17.8. The van der Waals surface area contributed by atoms with Crippen LogP contribution in [0.3, 0.4) is 0 Å². The van der Waals surface area contributed by atoms with Crippen LogP contribution in [0.4, 0.5) is 5.69 Å². The molecule has 0 spiro atoms. The minimum Gasteiger partial charge on any atom is -0.378 e. The molecule has 0 bridgehead atoms. The predicted molar refractivity (Wildman–Crippen MR) is 120 cm³/mol. The van der Waals surface area contributed by atoms with Crippen molar-refractivity contribution in [1.29, 1.82) is 0 Å². The summed E-state index contributed by atoms with van der Waals surface area (Å²) >= 11 is 0. The number of anilines is 1. The van der Waals surface area contributed by atoms with Crippen molar-refractivity contribution >= 4 is 5.69 Å². The van der Waals surface area contributed by atoms with Gasteiger partial charge in [-0.15, -0.1) is 0 Å². The Morgan fingerprint density at radius 1 is 0.931 bits per heavy atom. The average molecular weight is 397 g/mol. The van der Waals surface area contributed by atoms with Gasteiger partial charge in [-0.05, 0) is 49.6 Å². The van der Waals surface area contributed by atoms with Crippen LogP contribution in [0.2, 0.25) is 0 Å². The van der Waals surface area contributed by atoms with Crippen molar-refractivity contribution in [3.63, 3.8) is 0 Å². The molecule has 0 radical (unpaired) electrons. The summed E-state index contributed by atoms with van der Waals surface area (Å²) in [5.74, 6) is 0. The molecular weight excluding hydrogens is 360 g/mol. The van der Waals surface area contributed by atoms with Crippen molar-refractivity contribution in [2.45, 2.75) is 45.3 Å². The Morgan fingerprint density at radius 2 is 1.66 bits per heavy atom. The second kappa shape index (κ2) is 12.6. The molecule has 1 saturated heterocycles. The van der Waals surface area contributed by atoms with E-state index in [1.165, 1.54) is 36.1 Å². The van der Waals surface area contributed by atoms with Gasteiger partial charge >= 0.3 is 0 Å². The molecule has 0 amide bonds. The van der Waals surface area contributed by atoms with E-state index in [0.29, 0.717) is 0 Å². The summed E-state index contributed by atoms with van der Waals surface area (Å²) in [5.41, 5.74) is 3.89. The highest BCUT2D eigenvalue weighted by Gasteiger charge is 2.12. The Kier molecular flexibility index (Phi) is 9.51. The lowest BCUT2D eigenvalue weighted by molar-refractivity contribution is 0.0627. The lowest BCUT2D eigenvalue weighted by Crippen LogP contribution is -2.36. The van der Waals surface area contributed by atoms with Crippen LogP contribution < -0.4 is 10.2 Å². The molecule has 0 aliphatic carbocycles. The van der Waals surface area contributed by atoms with Gasteiger partial charge < -0.3 is 19.7 Å². The topological polar surface area (TPSA) is 33.7 Å². The molecule has 29 heavy (non-hydrogen) atoms. The van der Waals surface area contributed by atoms with Gasteiger partial charge in [-0.2, -0.15) is 0 Å². The number of rotatable bonds is 12. The first kappa shape index (κ1) is 21.8.